The van der Waals surface area contributed by atoms with E-state index in [4.69, 9.17) is 14.3 Å². The van der Waals surface area contributed by atoms with E-state index in [1.807, 2.05) is 33.3 Å². The third-order valence-corrected chi connectivity index (χ3v) is 4.38. The molecular weight excluding hydrogens is 473 g/mol. The molecule has 3 rings (SSSR count). The van der Waals surface area contributed by atoms with Crippen LogP contribution >= 0.6 is 24.0 Å². The van der Waals surface area contributed by atoms with Crippen molar-refractivity contribution >= 4 is 29.9 Å². The van der Waals surface area contributed by atoms with Gasteiger partial charge in [-0.1, -0.05) is 19.0 Å². The average molecular weight is 503 g/mol. The number of nitrogens with zero attached hydrogens (tertiary/aromatic N) is 6. The summed E-state index contributed by atoms with van der Waals surface area (Å²) < 4.78 is 13.0. The van der Waals surface area contributed by atoms with Crippen LogP contribution in [0.3, 0.4) is 0 Å². The van der Waals surface area contributed by atoms with E-state index in [9.17, 15) is 0 Å². The minimum absolute atomic E-state index is 0. The molecule has 0 bridgehead atoms. The molecule has 1 saturated heterocycles. The first-order valence-electron chi connectivity index (χ1n) is 9.52. The van der Waals surface area contributed by atoms with Crippen molar-refractivity contribution in [2.45, 2.75) is 39.2 Å². The molecule has 10 heteroatoms. The number of halogens is 1. The summed E-state index contributed by atoms with van der Waals surface area (Å²) in [7, 11) is 1.91. The lowest BCUT2D eigenvalue weighted by Crippen LogP contribution is -2.48. The number of aliphatic imine (C=N–C) groups is 1. The number of aromatic nitrogens is 4. The van der Waals surface area contributed by atoms with Gasteiger partial charge < -0.3 is 19.5 Å². The van der Waals surface area contributed by atoms with Crippen molar-refractivity contribution in [3.63, 3.8) is 0 Å². The van der Waals surface area contributed by atoms with Crippen molar-refractivity contribution in [2.75, 3.05) is 32.8 Å². The van der Waals surface area contributed by atoms with Crippen LogP contribution in [-0.2, 0) is 18.2 Å². The third kappa shape index (κ3) is 5.90. The second-order valence-electron chi connectivity index (χ2n) is 6.94. The predicted octanol–water partition coefficient (Wildman–Crippen LogP) is 2.13. The van der Waals surface area contributed by atoms with Crippen molar-refractivity contribution in [1.82, 2.24) is 30.1 Å². The Kier molecular flexibility index (Phi) is 8.67. The molecule has 0 saturated carbocycles. The summed E-state index contributed by atoms with van der Waals surface area (Å²) in [5.74, 6) is 2.53. The van der Waals surface area contributed by atoms with Crippen LogP contribution in [0.5, 0.6) is 0 Å². The van der Waals surface area contributed by atoms with Gasteiger partial charge in [-0.2, -0.15) is 10.1 Å². The highest BCUT2D eigenvalue weighted by atomic mass is 127. The molecule has 0 aliphatic carbocycles. The number of aryl methyl sites for hydroxylation is 1. The first kappa shape index (κ1) is 22.6. The Hall–Kier alpha value is -1.69. The minimum atomic E-state index is 0. The highest BCUT2D eigenvalue weighted by Gasteiger charge is 2.25. The topological polar surface area (TPSA) is 93.6 Å². The lowest BCUT2D eigenvalue weighted by Gasteiger charge is -2.34. The van der Waals surface area contributed by atoms with Gasteiger partial charge in [0.15, 0.2) is 11.8 Å². The first-order chi connectivity index (χ1) is 13.1. The van der Waals surface area contributed by atoms with Gasteiger partial charge in [0.1, 0.15) is 6.10 Å². The van der Waals surface area contributed by atoms with Gasteiger partial charge >= 0.3 is 0 Å². The molecule has 1 aliphatic heterocycles. The normalized spacial score (nSPS) is 17.7. The molecule has 156 valence electrons. The Balaban J connectivity index is 0.00000280. The van der Waals surface area contributed by atoms with Crippen LogP contribution in [0.4, 0.5) is 0 Å². The molecule has 0 radical (unpaired) electrons. The Labute approximate surface area is 182 Å². The second kappa shape index (κ2) is 10.7. The Morgan fingerprint density at radius 3 is 2.89 bits per heavy atom. The summed E-state index contributed by atoms with van der Waals surface area (Å²) in [6.45, 7) is 9.78. The van der Waals surface area contributed by atoms with Gasteiger partial charge in [-0.15, -0.1) is 24.0 Å². The van der Waals surface area contributed by atoms with Gasteiger partial charge in [0.25, 0.3) is 0 Å². The van der Waals surface area contributed by atoms with E-state index >= 15 is 0 Å². The molecule has 0 spiro atoms. The molecule has 0 aromatic carbocycles. The van der Waals surface area contributed by atoms with Crippen molar-refractivity contribution in [3.05, 3.63) is 29.7 Å². The van der Waals surface area contributed by atoms with E-state index in [1.54, 1.807) is 4.68 Å². The smallest absolute Gasteiger partial charge is 0.228 e. The van der Waals surface area contributed by atoms with Crippen LogP contribution in [0.25, 0.3) is 0 Å². The number of hydrogen-bond acceptors (Lipinski definition) is 6. The molecular formula is C18H30IN7O2. The van der Waals surface area contributed by atoms with E-state index in [0.29, 0.717) is 25.5 Å². The molecule has 1 aliphatic rings. The lowest BCUT2D eigenvalue weighted by atomic mass is 10.1. The highest BCUT2D eigenvalue weighted by Crippen LogP contribution is 2.21. The number of guanidine groups is 1. The predicted molar refractivity (Wildman–Crippen MR) is 117 cm³/mol. The van der Waals surface area contributed by atoms with Crippen LogP contribution in [0.1, 0.15) is 50.1 Å². The first-order valence-corrected chi connectivity index (χ1v) is 9.52. The number of morpholine rings is 1. The third-order valence-electron chi connectivity index (χ3n) is 4.38. The van der Waals surface area contributed by atoms with E-state index in [2.05, 4.69) is 32.4 Å². The second-order valence-corrected chi connectivity index (χ2v) is 6.94. The fourth-order valence-electron chi connectivity index (χ4n) is 2.94. The van der Waals surface area contributed by atoms with Crippen LogP contribution in [0.15, 0.2) is 21.9 Å². The van der Waals surface area contributed by atoms with Crippen LogP contribution in [0, 0.1) is 0 Å². The van der Waals surface area contributed by atoms with E-state index in [-0.39, 0.29) is 36.0 Å². The maximum absolute atomic E-state index is 5.92. The van der Waals surface area contributed by atoms with Crippen LogP contribution < -0.4 is 5.32 Å². The molecule has 1 unspecified atom stereocenters. The van der Waals surface area contributed by atoms with E-state index in [1.165, 1.54) is 0 Å². The zero-order valence-corrected chi connectivity index (χ0v) is 19.3. The Morgan fingerprint density at radius 2 is 2.25 bits per heavy atom. The summed E-state index contributed by atoms with van der Waals surface area (Å²) in [6.07, 6.45) is 4.49. The largest absolute Gasteiger partial charge is 0.370 e. The van der Waals surface area contributed by atoms with Gasteiger partial charge in [-0.05, 0) is 6.92 Å². The summed E-state index contributed by atoms with van der Waals surface area (Å²) in [5, 5.41) is 11.6. The number of ether oxygens (including phenoxy) is 1. The number of hydrogen-bond donors (Lipinski definition) is 1. The van der Waals surface area contributed by atoms with Gasteiger partial charge in [0.05, 0.1) is 25.9 Å². The molecule has 1 N–H and O–H groups in total. The van der Waals surface area contributed by atoms with Gasteiger partial charge in [0, 0.05) is 44.2 Å². The zero-order chi connectivity index (χ0) is 19.2. The molecule has 2 aromatic rings. The SMILES string of the molecule is CCNC(=NCCc1nc(C(C)C)no1)N1CCOC(c2cnn(C)c2)C1.I. The summed E-state index contributed by atoms with van der Waals surface area (Å²) in [6, 6.07) is 0. The maximum Gasteiger partial charge on any atom is 0.228 e. The van der Waals surface area contributed by atoms with Gasteiger partial charge in [-0.25, -0.2) is 0 Å². The van der Waals surface area contributed by atoms with Crippen molar-refractivity contribution < 1.29 is 9.26 Å². The molecule has 9 nitrogen and oxygen atoms in total. The van der Waals surface area contributed by atoms with Crippen molar-refractivity contribution in [1.29, 1.82) is 0 Å². The Morgan fingerprint density at radius 1 is 1.43 bits per heavy atom. The van der Waals surface area contributed by atoms with Gasteiger partial charge in [0.2, 0.25) is 5.89 Å². The van der Waals surface area contributed by atoms with E-state index in [0.717, 1.165) is 37.0 Å². The number of nitrogens with one attached hydrogen (secondary N) is 1. The van der Waals surface area contributed by atoms with Gasteiger partial charge in [-0.3, -0.25) is 9.67 Å². The average Bonchev–Trinajstić information content (AvgIpc) is 3.30. The fourth-order valence-corrected chi connectivity index (χ4v) is 2.94. The summed E-state index contributed by atoms with van der Waals surface area (Å²) in [4.78, 5) is 11.4. The molecule has 1 atom stereocenters. The maximum atomic E-state index is 5.92. The molecule has 0 amide bonds. The molecule has 28 heavy (non-hydrogen) atoms. The summed E-state index contributed by atoms with van der Waals surface area (Å²) >= 11 is 0. The summed E-state index contributed by atoms with van der Waals surface area (Å²) in [5.41, 5.74) is 1.09. The lowest BCUT2D eigenvalue weighted by molar-refractivity contribution is -0.00804. The molecule has 2 aromatic heterocycles. The zero-order valence-electron chi connectivity index (χ0n) is 17.0. The quantitative estimate of drug-likeness (QED) is 0.367. The Bertz CT molecular complexity index is 759. The fraction of sp³-hybridized carbons (Fsp3) is 0.667. The van der Waals surface area contributed by atoms with Crippen molar-refractivity contribution in [3.8, 4) is 0 Å². The standard InChI is InChI=1S/C18H29N7O2.HI/c1-5-19-18(20-7-6-16-22-17(13(2)3)23-27-16)25-8-9-26-15(12-25)14-10-21-24(4)11-14;/h10-11,13,15H,5-9,12H2,1-4H3,(H,19,20);1H. The van der Waals surface area contributed by atoms with E-state index < -0.39 is 0 Å². The van der Waals surface area contributed by atoms with Crippen LogP contribution in [-0.4, -0.2) is 63.6 Å². The molecule has 1 fully saturated rings. The van der Waals surface area contributed by atoms with Crippen molar-refractivity contribution in [2.24, 2.45) is 12.0 Å². The number of rotatable bonds is 6. The van der Waals surface area contributed by atoms with Crippen LogP contribution in [0.2, 0.25) is 0 Å². The minimum Gasteiger partial charge on any atom is -0.370 e. The molecule has 3 heterocycles. The monoisotopic (exact) mass is 503 g/mol. The highest BCUT2D eigenvalue weighted by molar-refractivity contribution is 14.0.